The van der Waals surface area contributed by atoms with E-state index < -0.39 is 5.41 Å². The van der Waals surface area contributed by atoms with Gasteiger partial charge in [-0.1, -0.05) is 61.7 Å². The average molecular weight is 469 g/mol. The van der Waals surface area contributed by atoms with Crippen LogP contribution < -0.4 is 0 Å². The fraction of sp³-hybridized carbons (Fsp3) is 0.290. The van der Waals surface area contributed by atoms with Crippen LogP contribution >= 0.6 is 0 Å². The van der Waals surface area contributed by atoms with Gasteiger partial charge in [0, 0.05) is 18.3 Å². The lowest BCUT2D eigenvalue weighted by atomic mass is 9.70. The fourth-order valence-corrected chi connectivity index (χ4v) is 5.18. The Morgan fingerprint density at radius 3 is 1.83 bits per heavy atom. The summed E-state index contributed by atoms with van der Waals surface area (Å²) in [5.74, 6) is -0.531. The lowest BCUT2D eigenvalue weighted by Gasteiger charge is -2.32. The quantitative estimate of drug-likeness (QED) is 0.244. The van der Waals surface area contributed by atoms with Crippen molar-refractivity contribution in [3.8, 4) is 11.1 Å². The minimum absolute atomic E-state index is 0.190. The van der Waals surface area contributed by atoms with Crippen LogP contribution in [0.15, 0.2) is 73.8 Å². The van der Waals surface area contributed by atoms with Gasteiger partial charge in [0.1, 0.15) is 13.2 Å². The van der Waals surface area contributed by atoms with Crippen LogP contribution in [0.5, 0.6) is 0 Å². The van der Waals surface area contributed by atoms with Crippen molar-refractivity contribution < 1.29 is 19.1 Å². The third-order valence-corrected chi connectivity index (χ3v) is 7.08. The van der Waals surface area contributed by atoms with E-state index in [0.717, 1.165) is 10.9 Å². The van der Waals surface area contributed by atoms with Crippen molar-refractivity contribution in [3.63, 3.8) is 0 Å². The number of aryl methyl sites for hydroxylation is 2. The highest BCUT2D eigenvalue weighted by Gasteiger charge is 2.44. The summed E-state index contributed by atoms with van der Waals surface area (Å²) in [6.45, 7) is 11.9. The molecular formula is C31H32O4. The summed E-state index contributed by atoms with van der Waals surface area (Å²) in [6.07, 6.45) is 4.71. The summed E-state index contributed by atoms with van der Waals surface area (Å²) in [5, 5.41) is 2.31. The van der Waals surface area contributed by atoms with Gasteiger partial charge in [-0.15, -0.1) is 0 Å². The molecule has 1 aliphatic carbocycles. The molecule has 0 N–H and O–H groups in total. The van der Waals surface area contributed by atoms with E-state index >= 15 is 0 Å². The smallest absolute Gasteiger partial charge is 0.306 e. The van der Waals surface area contributed by atoms with Crippen LogP contribution in [0, 0.1) is 13.8 Å². The Labute approximate surface area is 207 Å². The fourth-order valence-electron chi connectivity index (χ4n) is 5.18. The van der Waals surface area contributed by atoms with Crippen molar-refractivity contribution in [3.05, 3.63) is 96.1 Å². The van der Waals surface area contributed by atoms with Crippen LogP contribution in [0.2, 0.25) is 0 Å². The van der Waals surface area contributed by atoms with Crippen molar-refractivity contribution in [2.45, 2.75) is 44.9 Å². The van der Waals surface area contributed by atoms with E-state index in [1.165, 1.54) is 33.2 Å². The van der Waals surface area contributed by atoms with Crippen molar-refractivity contribution in [2.24, 2.45) is 0 Å². The summed E-state index contributed by atoms with van der Waals surface area (Å²) in [4.78, 5) is 25.1. The van der Waals surface area contributed by atoms with E-state index in [9.17, 15) is 9.59 Å². The first kappa shape index (κ1) is 24.5. The van der Waals surface area contributed by atoms with Crippen LogP contribution in [0.3, 0.4) is 0 Å². The minimum atomic E-state index is -0.506. The second-order valence-electron chi connectivity index (χ2n) is 9.25. The molecule has 4 heteroatoms. The van der Waals surface area contributed by atoms with Crippen LogP contribution in [-0.4, -0.2) is 25.2 Å². The molecule has 0 fully saturated rings. The standard InChI is InChI=1S/C31H32O4/c1-5-15-34-29(32)11-13-31(14-12-30(33)35-16-6-2)27-18-22(4)21(3)17-25(27)26-19-23-9-7-8-10-24(23)20-28(26)31/h5-10,17-20H,1-2,11-16H2,3-4H3. The van der Waals surface area contributed by atoms with Gasteiger partial charge in [-0.05, 0) is 83.0 Å². The highest BCUT2D eigenvalue weighted by Crippen LogP contribution is 2.55. The van der Waals surface area contributed by atoms with Gasteiger partial charge in [0.15, 0.2) is 0 Å². The van der Waals surface area contributed by atoms with Crippen molar-refractivity contribution >= 4 is 22.7 Å². The molecule has 3 aromatic rings. The van der Waals surface area contributed by atoms with Gasteiger partial charge in [0.05, 0.1) is 0 Å². The second-order valence-corrected chi connectivity index (χ2v) is 9.25. The molecule has 0 aromatic heterocycles. The Balaban J connectivity index is 1.86. The molecule has 0 unspecified atom stereocenters. The first-order valence-electron chi connectivity index (χ1n) is 12.1. The van der Waals surface area contributed by atoms with Crippen LogP contribution in [0.25, 0.3) is 21.9 Å². The highest BCUT2D eigenvalue weighted by atomic mass is 16.5. The Morgan fingerprint density at radius 2 is 1.26 bits per heavy atom. The largest absolute Gasteiger partial charge is 0.461 e. The zero-order valence-corrected chi connectivity index (χ0v) is 20.6. The Hall–Kier alpha value is -3.66. The molecule has 0 bridgehead atoms. The van der Waals surface area contributed by atoms with Gasteiger partial charge < -0.3 is 9.47 Å². The maximum absolute atomic E-state index is 12.6. The molecule has 0 saturated heterocycles. The summed E-state index contributed by atoms with van der Waals surface area (Å²) < 4.78 is 10.6. The molecule has 35 heavy (non-hydrogen) atoms. The van der Waals surface area contributed by atoms with Gasteiger partial charge in [-0.2, -0.15) is 0 Å². The van der Waals surface area contributed by atoms with Crippen molar-refractivity contribution in [1.82, 2.24) is 0 Å². The average Bonchev–Trinajstić information content (AvgIpc) is 3.10. The Bertz CT molecular complexity index is 1270. The number of rotatable bonds is 10. The van der Waals surface area contributed by atoms with E-state index in [0.29, 0.717) is 12.8 Å². The highest BCUT2D eigenvalue weighted by molar-refractivity contribution is 5.94. The predicted octanol–water partition coefficient (Wildman–Crippen LogP) is 6.74. The Kier molecular flexibility index (Phi) is 7.20. The second kappa shape index (κ2) is 10.3. The van der Waals surface area contributed by atoms with E-state index in [2.05, 4.69) is 63.4 Å². The van der Waals surface area contributed by atoms with Gasteiger partial charge in [-0.25, -0.2) is 0 Å². The number of esters is 2. The van der Waals surface area contributed by atoms with E-state index in [1.807, 2.05) is 12.1 Å². The summed E-state index contributed by atoms with van der Waals surface area (Å²) in [7, 11) is 0. The SMILES string of the molecule is C=CCOC(=O)CCC1(CCC(=O)OCC=C)c2cc(C)c(C)cc2-c2cc3ccccc3cc21. The van der Waals surface area contributed by atoms with Gasteiger partial charge >= 0.3 is 11.9 Å². The lowest BCUT2D eigenvalue weighted by molar-refractivity contribution is -0.142. The zero-order valence-electron chi connectivity index (χ0n) is 20.6. The molecule has 3 aromatic carbocycles. The van der Waals surface area contributed by atoms with Gasteiger partial charge in [0.25, 0.3) is 0 Å². The topological polar surface area (TPSA) is 52.6 Å². The number of carbonyl (C=O) groups excluding carboxylic acids is 2. The van der Waals surface area contributed by atoms with E-state index in [4.69, 9.17) is 9.47 Å². The monoisotopic (exact) mass is 468 g/mol. The van der Waals surface area contributed by atoms with Gasteiger partial charge in [-0.3, -0.25) is 9.59 Å². The number of fused-ring (bicyclic) bond motifs is 4. The first-order chi connectivity index (χ1) is 16.9. The lowest BCUT2D eigenvalue weighted by Crippen LogP contribution is -2.28. The number of carbonyl (C=O) groups is 2. The van der Waals surface area contributed by atoms with Crippen molar-refractivity contribution in [1.29, 1.82) is 0 Å². The van der Waals surface area contributed by atoms with Crippen LogP contribution in [0.4, 0.5) is 0 Å². The molecule has 0 heterocycles. The predicted molar refractivity (Wildman–Crippen MR) is 140 cm³/mol. The maximum atomic E-state index is 12.6. The number of hydrogen-bond donors (Lipinski definition) is 0. The number of hydrogen-bond acceptors (Lipinski definition) is 4. The molecule has 180 valence electrons. The maximum Gasteiger partial charge on any atom is 0.306 e. The molecule has 0 amide bonds. The third kappa shape index (κ3) is 4.79. The van der Waals surface area contributed by atoms with E-state index in [-0.39, 0.29) is 38.0 Å². The third-order valence-electron chi connectivity index (χ3n) is 7.08. The molecule has 0 atom stereocenters. The Morgan fingerprint density at radius 1 is 0.771 bits per heavy atom. The first-order valence-corrected chi connectivity index (χ1v) is 12.1. The molecule has 4 rings (SSSR count). The van der Waals surface area contributed by atoms with Crippen LogP contribution in [0.1, 0.15) is 47.9 Å². The van der Waals surface area contributed by atoms with Gasteiger partial charge in [0.2, 0.25) is 0 Å². The van der Waals surface area contributed by atoms with Crippen molar-refractivity contribution in [2.75, 3.05) is 13.2 Å². The number of benzene rings is 3. The summed E-state index contributed by atoms with van der Waals surface area (Å²) in [5.41, 5.74) is 6.56. The number of ether oxygens (including phenoxy) is 2. The molecular weight excluding hydrogens is 436 g/mol. The van der Waals surface area contributed by atoms with Crippen LogP contribution in [-0.2, 0) is 24.5 Å². The molecule has 1 aliphatic rings. The molecule has 0 saturated carbocycles. The summed E-state index contributed by atoms with van der Waals surface area (Å²) >= 11 is 0. The normalized spacial score (nSPS) is 13.1. The van der Waals surface area contributed by atoms with E-state index in [1.54, 1.807) is 12.2 Å². The minimum Gasteiger partial charge on any atom is -0.461 e. The molecule has 4 nitrogen and oxygen atoms in total. The molecule has 0 radical (unpaired) electrons. The zero-order chi connectivity index (χ0) is 25.0. The molecule has 0 spiro atoms. The summed E-state index contributed by atoms with van der Waals surface area (Å²) in [6, 6.07) is 17.3. The molecule has 0 aliphatic heterocycles.